The molecule has 1 saturated heterocycles. The summed E-state index contributed by atoms with van der Waals surface area (Å²) in [5.74, 6) is 0.558. The summed E-state index contributed by atoms with van der Waals surface area (Å²) in [6.45, 7) is 6.95. The van der Waals surface area contributed by atoms with Crippen LogP contribution in [0.1, 0.15) is 37.0 Å². The third-order valence-corrected chi connectivity index (χ3v) is 5.17. The lowest BCUT2D eigenvalue weighted by Gasteiger charge is -2.32. The Labute approximate surface area is 134 Å². The number of piperidine rings is 1. The van der Waals surface area contributed by atoms with Gasteiger partial charge in [0.25, 0.3) is 5.91 Å². The zero-order valence-electron chi connectivity index (χ0n) is 11.8. The zero-order chi connectivity index (χ0) is 14.7. The number of hydrogen-bond acceptors (Lipinski definition) is 3. The lowest BCUT2D eigenvalue weighted by molar-refractivity contribution is 0.0659. The molecule has 20 heavy (non-hydrogen) atoms. The van der Waals surface area contributed by atoms with Gasteiger partial charge < -0.3 is 10.2 Å². The predicted octanol–water partition coefficient (Wildman–Crippen LogP) is 3.91. The van der Waals surface area contributed by atoms with Crippen molar-refractivity contribution in [1.82, 2.24) is 10.2 Å². The largest absolute Gasteiger partial charge is 0.336 e. The Kier molecular flexibility index (Phi) is 5.73. The molecule has 112 valence electrons. The predicted molar refractivity (Wildman–Crippen MR) is 86.1 cm³/mol. The first-order valence-electron chi connectivity index (χ1n) is 6.95. The van der Waals surface area contributed by atoms with Crippen molar-refractivity contribution in [2.75, 3.05) is 19.6 Å². The maximum atomic E-state index is 12.7. The fraction of sp³-hybridized carbons (Fsp3) is 0.643. The van der Waals surface area contributed by atoms with Gasteiger partial charge in [0.1, 0.15) is 4.34 Å². The first-order chi connectivity index (χ1) is 9.49. The highest BCUT2D eigenvalue weighted by Gasteiger charge is 2.26. The summed E-state index contributed by atoms with van der Waals surface area (Å²) in [4.78, 5) is 14.6. The van der Waals surface area contributed by atoms with Gasteiger partial charge in [-0.15, -0.1) is 11.3 Å². The van der Waals surface area contributed by atoms with E-state index < -0.39 is 0 Å². The molecule has 1 aliphatic rings. The second kappa shape index (κ2) is 7.12. The molecule has 0 radical (unpaired) electrons. The summed E-state index contributed by atoms with van der Waals surface area (Å²) < 4.78 is 1.04. The average Bonchev–Trinajstić information content (AvgIpc) is 2.75. The van der Waals surface area contributed by atoms with Crippen LogP contribution in [0.15, 0.2) is 6.07 Å². The number of nitrogens with one attached hydrogen (secondary N) is 1. The molecule has 0 atom stereocenters. The number of thiophene rings is 1. The molecule has 0 saturated carbocycles. The fourth-order valence-corrected chi connectivity index (χ4v) is 3.96. The molecule has 2 rings (SSSR count). The molecule has 0 unspecified atom stereocenters. The van der Waals surface area contributed by atoms with Crippen molar-refractivity contribution in [2.45, 2.75) is 32.7 Å². The first kappa shape index (κ1) is 16.1. The lowest BCUT2D eigenvalue weighted by Crippen LogP contribution is -2.42. The van der Waals surface area contributed by atoms with Gasteiger partial charge in [0.15, 0.2) is 0 Å². The Morgan fingerprint density at radius 3 is 2.60 bits per heavy atom. The second-order valence-electron chi connectivity index (χ2n) is 5.48. The first-order valence-corrected chi connectivity index (χ1v) is 8.52. The molecule has 1 aromatic rings. The van der Waals surface area contributed by atoms with Crippen LogP contribution in [0.5, 0.6) is 0 Å². The molecule has 1 N–H and O–H groups in total. The molecule has 1 aromatic heterocycles. The van der Waals surface area contributed by atoms with Gasteiger partial charge >= 0.3 is 0 Å². The van der Waals surface area contributed by atoms with Gasteiger partial charge in [-0.25, -0.2) is 0 Å². The van der Waals surface area contributed by atoms with Crippen molar-refractivity contribution in [3.05, 3.63) is 20.3 Å². The van der Waals surface area contributed by atoms with Crippen LogP contribution in [0.3, 0.4) is 0 Å². The molecule has 2 heterocycles. The molecule has 1 amide bonds. The Morgan fingerprint density at radius 2 is 2.10 bits per heavy atom. The molecule has 0 aliphatic carbocycles. The van der Waals surface area contributed by atoms with Crippen LogP contribution in [0.4, 0.5) is 0 Å². The summed E-state index contributed by atoms with van der Waals surface area (Å²) in [5.41, 5.74) is 0.532. The Hall–Kier alpha value is -0.290. The van der Waals surface area contributed by atoms with Crippen molar-refractivity contribution < 1.29 is 4.79 Å². The van der Waals surface area contributed by atoms with Gasteiger partial charge in [0.2, 0.25) is 0 Å². The minimum atomic E-state index is -0.00770. The van der Waals surface area contributed by atoms with Crippen molar-refractivity contribution >= 4 is 40.4 Å². The number of carbonyl (C=O) groups is 1. The Morgan fingerprint density at radius 1 is 1.45 bits per heavy atom. The van der Waals surface area contributed by atoms with Gasteiger partial charge in [-0.05, 0) is 51.8 Å². The van der Waals surface area contributed by atoms with Crippen LogP contribution in [0.2, 0.25) is 8.67 Å². The topological polar surface area (TPSA) is 32.3 Å². The van der Waals surface area contributed by atoms with E-state index in [9.17, 15) is 4.79 Å². The third-order valence-electron chi connectivity index (χ3n) is 3.68. The molecule has 0 spiro atoms. The van der Waals surface area contributed by atoms with E-state index in [4.69, 9.17) is 23.2 Å². The number of rotatable bonds is 4. The maximum absolute atomic E-state index is 12.7. The third kappa shape index (κ3) is 3.88. The summed E-state index contributed by atoms with van der Waals surface area (Å²) in [5, 5.41) is 3.35. The van der Waals surface area contributed by atoms with Crippen molar-refractivity contribution in [2.24, 2.45) is 5.92 Å². The molecule has 1 aliphatic heterocycles. The van der Waals surface area contributed by atoms with E-state index >= 15 is 0 Å². The zero-order valence-corrected chi connectivity index (χ0v) is 14.1. The highest BCUT2D eigenvalue weighted by Crippen LogP contribution is 2.32. The second-order valence-corrected chi connectivity index (χ2v) is 7.77. The molecular formula is C14H20Cl2N2OS. The highest BCUT2D eigenvalue weighted by atomic mass is 35.5. The number of nitrogens with zero attached hydrogens (tertiary/aromatic N) is 1. The number of carbonyl (C=O) groups excluding carboxylic acids is 1. The number of hydrogen-bond donors (Lipinski definition) is 1. The molecule has 1 fully saturated rings. The van der Waals surface area contributed by atoms with Crippen molar-refractivity contribution in [3.63, 3.8) is 0 Å². The minimum absolute atomic E-state index is 0.00770. The minimum Gasteiger partial charge on any atom is -0.336 e. The van der Waals surface area contributed by atoms with Gasteiger partial charge in [0, 0.05) is 12.6 Å². The van der Waals surface area contributed by atoms with E-state index in [1.807, 2.05) is 18.7 Å². The summed E-state index contributed by atoms with van der Waals surface area (Å²) >= 11 is 13.3. The monoisotopic (exact) mass is 334 g/mol. The van der Waals surface area contributed by atoms with E-state index in [1.165, 1.54) is 11.3 Å². The van der Waals surface area contributed by atoms with Crippen LogP contribution < -0.4 is 5.32 Å². The van der Waals surface area contributed by atoms with Gasteiger partial charge in [-0.2, -0.15) is 0 Å². The van der Waals surface area contributed by atoms with E-state index in [-0.39, 0.29) is 11.9 Å². The Bertz CT molecular complexity index is 470. The molecular weight excluding hydrogens is 315 g/mol. The maximum Gasteiger partial charge on any atom is 0.256 e. The van der Waals surface area contributed by atoms with Crippen LogP contribution in [0.25, 0.3) is 0 Å². The smallest absolute Gasteiger partial charge is 0.256 e. The lowest BCUT2D eigenvalue weighted by atomic mass is 9.97. The van der Waals surface area contributed by atoms with E-state index in [2.05, 4.69) is 5.32 Å². The van der Waals surface area contributed by atoms with E-state index in [0.29, 0.717) is 20.2 Å². The van der Waals surface area contributed by atoms with Crippen LogP contribution in [-0.4, -0.2) is 36.5 Å². The molecule has 0 bridgehead atoms. The van der Waals surface area contributed by atoms with Gasteiger partial charge in [-0.1, -0.05) is 23.2 Å². The molecule has 0 aromatic carbocycles. The summed E-state index contributed by atoms with van der Waals surface area (Å²) in [7, 11) is 0. The summed E-state index contributed by atoms with van der Waals surface area (Å²) in [6.07, 6.45) is 2.24. The quantitative estimate of drug-likeness (QED) is 0.905. The van der Waals surface area contributed by atoms with E-state index in [1.54, 1.807) is 6.07 Å². The van der Waals surface area contributed by atoms with Crippen LogP contribution in [0, 0.1) is 5.92 Å². The van der Waals surface area contributed by atoms with Gasteiger partial charge in [-0.3, -0.25) is 4.79 Å². The number of amides is 1. The average molecular weight is 335 g/mol. The van der Waals surface area contributed by atoms with Crippen LogP contribution in [-0.2, 0) is 0 Å². The normalized spacial score (nSPS) is 16.6. The van der Waals surface area contributed by atoms with E-state index in [0.717, 1.165) is 32.5 Å². The summed E-state index contributed by atoms with van der Waals surface area (Å²) in [6, 6.07) is 1.83. The van der Waals surface area contributed by atoms with Gasteiger partial charge in [0.05, 0.1) is 9.90 Å². The molecule has 6 heteroatoms. The van der Waals surface area contributed by atoms with Crippen molar-refractivity contribution in [3.8, 4) is 0 Å². The highest BCUT2D eigenvalue weighted by molar-refractivity contribution is 7.20. The standard InChI is InChI=1S/C14H20Cl2N2OS/c1-9(2)18(8-10-3-5-17-6-4-10)14(19)11-7-12(15)20-13(11)16/h7,9-10,17H,3-6,8H2,1-2H3. The van der Waals surface area contributed by atoms with Crippen molar-refractivity contribution in [1.29, 1.82) is 0 Å². The molecule has 3 nitrogen and oxygen atoms in total. The van der Waals surface area contributed by atoms with Crippen LogP contribution >= 0.6 is 34.5 Å². The Balaban J connectivity index is 2.11. The SMILES string of the molecule is CC(C)N(CC1CCNCC1)C(=O)c1cc(Cl)sc1Cl. The fourth-order valence-electron chi connectivity index (χ4n) is 2.51. The number of halogens is 2.